The van der Waals surface area contributed by atoms with Crippen LogP contribution in [-0.4, -0.2) is 36.0 Å². The molecule has 116 valence electrons. The molecule has 1 aromatic carbocycles. The van der Waals surface area contributed by atoms with E-state index in [-0.39, 0.29) is 36.6 Å². The summed E-state index contributed by atoms with van der Waals surface area (Å²) in [5, 5.41) is 0. The van der Waals surface area contributed by atoms with E-state index >= 15 is 0 Å². The molecule has 4 nitrogen and oxygen atoms in total. The van der Waals surface area contributed by atoms with Gasteiger partial charge in [-0.2, -0.15) is 0 Å². The second kappa shape index (κ2) is 4.27. The van der Waals surface area contributed by atoms with Crippen LogP contribution in [-0.2, 0) is 10.2 Å². The SMILES string of the molecule is NC(=O)CN1CC2(CC2F)c2c(ccc(C3CC3)c2F)C1=O. The van der Waals surface area contributed by atoms with Crippen LogP contribution in [0, 0.1) is 5.82 Å². The van der Waals surface area contributed by atoms with Crippen molar-refractivity contribution >= 4 is 11.8 Å². The van der Waals surface area contributed by atoms with Gasteiger partial charge in [0.05, 0.1) is 12.0 Å². The number of hydrogen-bond acceptors (Lipinski definition) is 2. The maximum Gasteiger partial charge on any atom is 0.254 e. The highest BCUT2D eigenvalue weighted by molar-refractivity contribution is 6.00. The minimum atomic E-state index is -1.18. The molecule has 1 aliphatic heterocycles. The predicted octanol–water partition coefficient (Wildman–Crippen LogP) is 1.62. The number of amides is 2. The summed E-state index contributed by atoms with van der Waals surface area (Å²) in [6.07, 6.45) is 0.874. The number of benzene rings is 1. The highest BCUT2D eigenvalue weighted by Crippen LogP contribution is 2.56. The van der Waals surface area contributed by atoms with Gasteiger partial charge in [0.25, 0.3) is 5.91 Å². The lowest BCUT2D eigenvalue weighted by molar-refractivity contribution is -0.118. The Morgan fingerprint density at radius 3 is 2.64 bits per heavy atom. The van der Waals surface area contributed by atoms with Crippen molar-refractivity contribution in [1.29, 1.82) is 0 Å². The number of carbonyl (C=O) groups is 2. The topological polar surface area (TPSA) is 63.4 Å². The summed E-state index contributed by atoms with van der Waals surface area (Å²) in [4.78, 5) is 24.8. The fourth-order valence-corrected chi connectivity index (χ4v) is 3.63. The molecule has 2 atom stereocenters. The largest absolute Gasteiger partial charge is 0.368 e. The predicted molar refractivity (Wildman–Crippen MR) is 74.7 cm³/mol. The van der Waals surface area contributed by atoms with Crippen LogP contribution in [0.2, 0.25) is 0 Å². The second-order valence-corrected chi connectivity index (χ2v) is 6.62. The number of fused-ring (bicyclic) bond motifs is 2. The van der Waals surface area contributed by atoms with E-state index in [4.69, 9.17) is 5.73 Å². The molecule has 22 heavy (non-hydrogen) atoms. The van der Waals surface area contributed by atoms with Crippen LogP contribution in [0.25, 0.3) is 0 Å². The molecule has 2 unspecified atom stereocenters. The van der Waals surface area contributed by atoms with Gasteiger partial charge in [0.2, 0.25) is 5.91 Å². The summed E-state index contributed by atoms with van der Waals surface area (Å²) in [6, 6.07) is 3.20. The van der Waals surface area contributed by atoms with Gasteiger partial charge < -0.3 is 10.6 Å². The molecule has 1 heterocycles. The molecule has 6 heteroatoms. The summed E-state index contributed by atoms with van der Waals surface area (Å²) < 4.78 is 29.0. The van der Waals surface area contributed by atoms with Crippen LogP contribution >= 0.6 is 0 Å². The Bertz CT molecular complexity index is 702. The van der Waals surface area contributed by atoms with Gasteiger partial charge >= 0.3 is 0 Å². The molecule has 2 saturated carbocycles. The standard InChI is InChI=1S/C16H16F2N2O2/c17-11-5-16(11)7-20(6-12(19)21)15(22)10-4-3-9(8-1-2-8)14(18)13(10)16/h3-4,8,11H,1-2,5-7H2,(H2,19,21). The Labute approximate surface area is 126 Å². The van der Waals surface area contributed by atoms with Crippen molar-refractivity contribution in [3.63, 3.8) is 0 Å². The molecule has 0 bridgehead atoms. The van der Waals surface area contributed by atoms with Crippen molar-refractivity contribution in [2.45, 2.75) is 36.8 Å². The van der Waals surface area contributed by atoms with Crippen molar-refractivity contribution in [3.05, 3.63) is 34.6 Å². The third-order valence-corrected chi connectivity index (χ3v) is 5.01. The number of nitrogens with zero attached hydrogens (tertiary/aromatic N) is 1. The molecule has 2 fully saturated rings. The number of rotatable bonds is 3. The number of alkyl halides is 1. The fourth-order valence-electron chi connectivity index (χ4n) is 3.63. The average Bonchev–Trinajstić information content (AvgIpc) is 3.34. The van der Waals surface area contributed by atoms with Gasteiger partial charge in [-0.3, -0.25) is 9.59 Å². The summed E-state index contributed by atoms with van der Waals surface area (Å²) >= 11 is 0. The maximum atomic E-state index is 14.9. The highest BCUT2D eigenvalue weighted by atomic mass is 19.1. The maximum absolute atomic E-state index is 14.9. The van der Waals surface area contributed by atoms with Crippen molar-refractivity contribution in [2.75, 3.05) is 13.1 Å². The van der Waals surface area contributed by atoms with Crippen LogP contribution < -0.4 is 5.73 Å². The molecule has 2 amide bonds. The summed E-state index contributed by atoms with van der Waals surface area (Å²) in [5.74, 6) is -1.33. The van der Waals surface area contributed by atoms with E-state index in [0.29, 0.717) is 5.56 Å². The van der Waals surface area contributed by atoms with Crippen molar-refractivity contribution < 1.29 is 18.4 Å². The molecular formula is C16H16F2N2O2. The lowest BCUT2D eigenvalue weighted by Crippen LogP contribution is -2.48. The zero-order valence-electron chi connectivity index (χ0n) is 11.9. The van der Waals surface area contributed by atoms with Gasteiger partial charge in [0, 0.05) is 17.7 Å². The van der Waals surface area contributed by atoms with Gasteiger partial charge in [-0.05, 0) is 36.8 Å². The number of primary amides is 1. The molecule has 1 aromatic rings. The highest BCUT2D eigenvalue weighted by Gasteiger charge is 2.62. The zero-order valence-corrected chi connectivity index (χ0v) is 11.9. The van der Waals surface area contributed by atoms with Gasteiger partial charge in [0.1, 0.15) is 12.0 Å². The normalized spacial score (nSPS) is 29.6. The number of nitrogens with two attached hydrogens (primary N) is 1. The molecule has 4 rings (SSSR count). The van der Waals surface area contributed by atoms with Gasteiger partial charge in [-0.1, -0.05) is 6.07 Å². The average molecular weight is 306 g/mol. The van der Waals surface area contributed by atoms with E-state index in [9.17, 15) is 18.4 Å². The number of carbonyl (C=O) groups excluding carboxylic acids is 2. The summed E-state index contributed by atoms with van der Waals surface area (Å²) in [6.45, 7) is -0.243. The van der Waals surface area contributed by atoms with Gasteiger partial charge in [-0.15, -0.1) is 0 Å². The molecular weight excluding hydrogens is 290 g/mol. The molecule has 1 spiro atoms. The third kappa shape index (κ3) is 1.79. The Morgan fingerprint density at radius 1 is 1.41 bits per heavy atom. The fraction of sp³-hybridized carbons (Fsp3) is 0.500. The minimum absolute atomic E-state index is 0.0218. The molecule has 3 aliphatic rings. The first-order valence-electron chi connectivity index (χ1n) is 7.48. The Kier molecular flexibility index (Phi) is 2.65. The quantitative estimate of drug-likeness (QED) is 0.922. The van der Waals surface area contributed by atoms with Crippen LogP contribution in [0.5, 0.6) is 0 Å². The molecule has 0 radical (unpaired) electrons. The zero-order chi connectivity index (χ0) is 15.6. The van der Waals surface area contributed by atoms with Crippen molar-refractivity contribution in [2.24, 2.45) is 5.73 Å². The Morgan fingerprint density at radius 2 is 2.09 bits per heavy atom. The molecule has 2 N–H and O–H groups in total. The van der Waals surface area contributed by atoms with E-state index in [1.807, 2.05) is 0 Å². The second-order valence-electron chi connectivity index (χ2n) is 6.62. The third-order valence-electron chi connectivity index (χ3n) is 5.01. The van der Waals surface area contributed by atoms with Crippen LogP contribution in [0.15, 0.2) is 12.1 Å². The van der Waals surface area contributed by atoms with Gasteiger partial charge in [-0.25, -0.2) is 8.78 Å². The smallest absolute Gasteiger partial charge is 0.254 e. The Hall–Kier alpha value is -1.98. The number of hydrogen-bond donors (Lipinski definition) is 1. The summed E-state index contributed by atoms with van der Waals surface area (Å²) in [5.41, 5.74) is 5.14. The lowest BCUT2D eigenvalue weighted by Gasteiger charge is -2.34. The number of halogens is 2. The molecule has 0 aromatic heterocycles. The van der Waals surface area contributed by atoms with E-state index < -0.39 is 29.2 Å². The lowest BCUT2D eigenvalue weighted by atomic mass is 9.83. The van der Waals surface area contributed by atoms with E-state index in [1.54, 1.807) is 12.1 Å². The summed E-state index contributed by atoms with van der Waals surface area (Å²) in [7, 11) is 0. The van der Waals surface area contributed by atoms with Crippen molar-refractivity contribution in [1.82, 2.24) is 4.90 Å². The first kappa shape index (κ1) is 13.7. The first-order chi connectivity index (χ1) is 10.4. The van der Waals surface area contributed by atoms with Crippen LogP contribution in [0.4, 0.5) is 8.78 Å². The molecule has 2 aliphatic carbocycles. The van der Waals surface area contributed by atoms with Crippen LogP contribution in [0.1, 0.15) is 46.7 Å². The minimum Gasteiger partial charge on any atom is -0.368 e. The monoisotopic (exact) mass is 306 g/mol. The van der Waals surface area contributed by atoms with Crippen LogP contribution in [0.3, 0.4) is 0 Å². The Balaban J connectivity index is 1.84. The molecule has 0 saturated heterocycles. The first-order valence-corrected chi connectivity index (χ1v) is 7.48. The van der Waals surface area contributed by atoms with Crippen molar-refractivity contribution in [3.8, 4) is 0 Å². The van der Waals surface area contributed by atoms with Gasteiger partial charge in [0.15, 0.2) is 0 Å². The van der Waals surface area contributed by atoms with E-state index in [2.05, 4.69) is 0 Å². The van der Waals surface area contributed by atoms with E-state index in [0.717, 1.165) is 12.8 Å². The van der Waals surface area contributed by atoms with E-state index in [1.165, 1.54) is 4.90 Å².